The van der Waals surface area contributed by atoms with Crippen LogP contribution in [0, 0.1) is 18.8 Å². The molecule has 154 valence electrons. The molecule has 2 saturated heterocycles. The third kappa shape index (κ3) is 3.61. The minimum absolute atomic E-state index is 0.0986. The van der Waals surface area contributed by atoms with Crippen LogP contribution in [0.15, 0.2) is 27.4 Å². The Labute approximate surface area is 169 Å². The summed E-state index contributed by atoms with van der Waals surface area (Å²) in [5.41, 5.74) is 1.80. The van der Waals surface area contributed by atoms with Crippen LogP contribution < -0.4 is 10.4 Å². The maximum atomic E-state index is 12.8. The van der Waals surface area contributed by atoms with Crippen LogP contribution in [0.4, 0.5) is 0 Å². The fourth-order valence-electron chi connectivity index (χ4n) is 4.49. The maximum absolute atomic E-state index is 12.8. The molecule has 0 saturated carbocycles. The molecule has 0 unspecified atom stereocenters. The van der Waals surface area contributed by atoms with Gasteiger partial charge in [0.05, 0.1) is 11.3 Å². The predicted octanol–water partition coefficient (Wildman–Crippen LogP) is 1.98. The Kier molecular flexibility index (Phi) is 5.06. The first-order chi connectivity index (χ1) is 13.9. The highest BCUT2D eigenvalue weighted by Gasteiger charge is 2.43. The van der Waals surface area contributed by atoms with Gasteiger partial charge in [-0.05, 0) is 48.9 Å². The predicted molar refractivity (Wildman–Crippen MR) is 108 cm³/mol. The van der Waals surface area contributed by atoms with Gasteiger partial charge in [-0.1, -0.05) is 6.92 Å². The van der Waals surface area contributed by atoms with Crippen LogP contribution >= 0.6 is 0 Å². The lowest BCUT2D eigenvalue weighted by atomic mass is 9.88. The largest absolute Gasteiger partial charge is 0.483 e. The van der Waals surface area contributed by atoms with Gasteiger partial charge in [0, 0.05) is 32.7 Å². The van der Waals surface area contributed by atoms with Crippen LogP contribution in [0.2, 0.25) is 0 Å². The first-order valence-electron chi connectivity index (χ1n) is 10.1. The van der Waals surface area contributed by atoms with Gasteiger partial charge in [0.1, 0.15) is 11.3 Å². The number of amides is 2. The van der Waals surface area contributed by atoms with Crippen molar-refractivity contribution in [1.82, 2.24) is 9.80 Å². The van der Waals surface area contributed by atoms with Gasteiger partial charge in [0.15, 0.2) is 6.61 Å². The summed E-state index contributed by atoms with van der Waals surface area (Å²) < 4.78 is 11.3. The number of ether oxygens (including phenoxy) is 1. The molecular weight excluding hydrogens is 372 g/mol. The molecular formula is C22H26N2O5. The summed E-state index contributed by atoms with van der Waals surface area (Å²) in [4.78, 5) is 40.4. The van der Waals surface area contributed by atoms with E-state index in [1.165, 1.54) is 6.07 Å². The highest BCUT2D eigenvalue weighted by atomic mass is 16.5. The van der Waals surface area contributed by atoms with Gasteiger partial charge in [-0.3, -0.25) is 9.59 Å². The molecule has 7 nitrogen and oxygen atoms in total. The third-order valence-corrected chi connectivity index (χ3v) is 6.09. The molecule has 3 heterocycles. The molecule has 0 N–H and O–H groups in total. The first-order valence-corrected chi connectivity index (χ1v) is 10.1. The molecule has 4 rings (SSSR count). The normalized spacial score (nSPS) is 21.6. The average Bonchev–Trinajstić information content (AvgIpc) is 3.12. The van der Waals surface area contributed by atoms with E-state index in [9.17, 15) is 14.4 Å². The molecule has 2 aliphatic heterocycles. The zero-order valence-corrected chi connectivity index (χ0v) is 17.1. The lowest BCUT2D eigenvalue weighted by molar-refractivity contribution is -0.138. The summed E-state index contributed by atoms with van der Waals surface area (Å²) in [5, 5.41) is 0.734. The lowest BCUT2D eigenvalue weighted by Crippen LogP contribution is -2.42. The van der Waals surface area contributed by atoms with Crippen LogP contribution in [0.1, 0.15) is 24.5 Å². The molecule has 2 aromatic rings. The molecule has 29 heavy (non-hydrogen) atoms. The molecule has 0 bridgehead atoms. The van der Waals surface area contributed by atoms with Crippen molar-refractivity contribution in [2.75, 3.05) is 33.3 Å². The molecule has 2 fully saturated rings. The smallest absolute Gasteiger partial charge is 0.336 e. The van der Waals surface area contributed by atoms with Crippen molar-refractivity contribution in [3.05, 3.63) is 39.7 Å². The second kappa shape index (κ2) is 7.54. The Morgan fingerprint density at radius 2 is 2.03 bits per heavy atom. The van der Waals surface area contributed by atoms with Gasteiger partial charge in [-0.15, -0.1) is 0 Å². The van der Waals surface area contributed by atoms with Gasteiger partial charge in [-0.2, -0.15) is 0 Å². The molecule has 7 heteroatoms. The fourth-order valence-corrected chi connectivity index (χ4v) is 4.49. The van der Waals surface area contributed by atoms with Crippen LogP contribution in [-0.2, 0) is 16.0 Å². The maximum Gasteiger partial charge on any atom is 0.336 e. The van der Waals surface area contributed by atoms with Crippen molar-refractivity contribution in [2.45, 2.75) is 26.7 Å². The van der Waals surface area contributed by atoms with E-state index in [1.54, 1.807) is 15.9 Å². The van der Waals surface area contributed by atoms with E-state index in [0.717, 1.165) is 29.5 Å². The highest BCUT2D eigenvalue weighted by molar-refractivity contribution is 5.88. The van der Waals surface area contributed by atoms with Crippen LogP contribution in [0.3, 0.4) is 0 Å². The monoisotopic (exact) mass is 398 g/mol. The number of hydrogen-bond acceptors (Lipinski definition) is 5. The Hall–Kier alpha value is -2.83. The molecule has 0 spiro atoms. The summed E-state index contributed by atoms with van der Waals surface area (Å²) in [7, 11) is 1.82. The van der Waals surface area contributed by atoms with Crippen LogP contribution in [0.5, 0.6) is 5.75 Å². The van der Waals surface area contributed by atoms with E-state index in [-0.39, 0.29) is 30.3 Å². The summed E-state index contributed by atoms with van der Waals surface area (Å²) in [5.74, 6) is 0.688. The fraction of sp³-hybridized carbons (Fsp3) is 0.500. The van der Waals surface area contributed by atoms with E-state index in [1.807, 2.05) is 27.0 Å². The summed E-state index contributed by atoms with van der Waals surface area (Å²) in [6, 6.07) is 5.13. The van der Waals surface area contributed by atoms with E-state index in [0.29, 0.717) is 30.8 Å². The van der Waals surface area contributed by atoms with E-state index in [2.05, 4.69) is 0 Å². The Morgan fingerprint density at radius 1 is 1.24 bits per heavy atom. The van der Waals surface area contributed by atoms with Crippen molar-refractivity contribution >= 4 is 22.8 Å². The summed E-state index contributed by atoms with van der Waals surface area (Å²) in [6.45, 7) is 5.56. The van der Waals surface area contributed by atoms with Gasteiger partial charge in [0.2, 0.25) is 5.91 Å². The number of hydrogen-bond donors (Lipinski definition) is 0. The van der Waals surface area contributed by atoms with Gasteiger partial charge < -0.3 is 19.0 Å². The molecule has 0 aliphatic carbocycles. The minimum atomic E-state index is -0.392. The lowest BCUT2D eigenvalue weighted by Gasteiger charge is -2.30. The zero-order chi connectivity index (χ0) is 20.7. The van der Waals surface area contributed by atoms with Crippen molar-refractivity contribution < 1.29 is 18.7 Å². The summed E-state index contributed by atoms with van der Waals surface area (Å²) in [6.07, 6.45) is 1.58. The van der Waals surface area contributed by atoms with E-state index < -0.39 is 5.63 Å². The summed E-state index contributed by atoms with van der Waals surface area (Å²) >= 11 is 0. The topological polar surface area (TPSA) is 80.1 Å². The number of carbonyl (C=O) groups is 2. The van der Waals surface area contributed by atoms with Crippen molar-refractivity contribution in [1.29, 1.82) is 0 Å². The molecule has 0 radical (unpaired) electrons. The van der Waals surface area contributed by atoms with Crippen LogP contribution in [0.25, 0.3) is 11.0 Å². The zero-order valence-electron chi connectivity index (χ0n) is 17.1. The Morgan fingerprint density at radius 3 is 2.79 bits per heavy atom. The standard InChI is InChI=1S/C22H26N2O5/c1-4-14-9-20(26)29-18-8-13(2)7-17(21(14)18)28-12-19(25)24-10-15-5-6-23(3)22(27)16(15)11-24/h7-9,15-16H,4-6,10-12H2,1-3H3/t15-,16+/m1/s1. The Balaban J connectivity index is 1.52. The minimum Gasteiger partial charge on any atom is -0.483 e. The number of likely N-dealkylation sites (tertiary alicyclic amines) is 2. The van der Waals surface area contributed by atoms with Gasteiger partial charge in [-0.25, -0.2) is 4.79 Å². The number of piperidine rings is 1. The second-order valence-electron chi connectivity index (χ2n) is 8.08. The van der Waals surface area contributed by atoms with Crippen LogP contribution in [-0.4, -0.2) is 54.9 Å². The molecule has 2 atom stereocenters. The van der Waals surface area contributed by atoms with Crippen molar-refractivity contribution in [3.8, 4) is 5.75 Å². The van der Waals surface area contributed by atoms with Crippen molar-refractivity contribution in [2.24, 2.45) is 11.8 Å². The molecule has 1 aromatic carbocycles. The third-order valence-electron chi connectivity index (χ3n) is 6.09. The quantitative estimate of drug-likeness (QED) is 0.736. The number of carbonyl (C=O) groups excluding carboxylic acids is 2. The SMILES string of the molecule is CCc1cc(=O)oc2cc(C)cc(OCC(=O)N3C[C@H]4CCN(C)C(=O)[C@H]4C3)c12. The number of nitrogens with zero attached hydrogens (tertiary/aromatic N) is 2. The number of aryl methyl sites for hydroxylation is 2. The highest BCUT2D eigenvalue weighted by Crippen LogP contribution is 2.33. The molecule has 2 amide bonds. The van der Waals surface area contributed by atoms with E-state index >= 15 is 0 Å². The Bertz CT molecular complexity index is 1030. The number of benzene rings is 1. The molecule has 1 aromatic heterocycles. The number of rotatable bonds is 4. The second-order valence-corrected chi connectivity index (χ2v) is 8.08. The van der Waals surface area contributed by atoms with Crippen molar-refractivity contribution in [3.63, 3.8) is 0 Å². The number of fused-ring (bicyclic) bond motifs is 2. The average molecular weight is 398 g/mol. The van der Waals surface area contributed by atoms with Gasteiger partial charge in [0.25, 0.3) is 5.91 Å². The van der Waals surface area contributed by atoms with E-state index in [4.69, 9.17) is 9.15 Å². The first kappa shape index (κ1) is 19.5. The van der Waals surface area contributed by atoms with Gasteiger partial charge >= 0.3 is 5.63 Å². The molecule has 2 aliphatic rings.